The molecule has 10 aromatic carbocycles. The molecule has 0 aliphatic heterocycles. The van der Waals surface area contributed by atoms with E-state index in [0.717, 1.165) is 33.6 Å². The lowest BCUT2D eigenvalue weighted by Gasteiger charge is -2.32. The van der Waals surface area contributed by atoms with Gasteiger partial charge in [-0.3, -0.25) is 0 Å². The van der Waals surface area contributed by atoms with Crippen LogP contribution in [0.1, 0.15) is 22.3 Å². The quantitative estimate of drug-likeness (QED) is 0.167. The van der Waals surface area contributed by atoms with Gasteiger partial charge in [-0.15, -0.1) is 0 Å². The minimum atomic E-state index is -0.481. The van der Waals surface area contributed by atoms with Crippen LogP contribution >= 0.6 is 0 Å². The lowest BCUT2D eigenvalue weighted by atomic mass is 9.69. The molecule has 0 saturated carbocycles. The molecular formula is C59H36N2. The zero-order valence-corrected chi connectivity index (χ0v) is 33.2. The average molecular weight is 773 g/mol. The molecule has 0 unspecified atom stereocenters. The largest absolute Gasteiger partial charge is 0.228 e. The molecule has 0 fully saturated rings. The third-order valence-electron chi connectivity index (χ3n) is 13.2. The Hall–Kier alpha value is -7.94. The van der Waals surface area contributed by atoms with E-state index >= 15 is 0 Å². The van der Waals surface area contributed by atoms with Gasteiger partial charge in [0.25, 0.3) is 0 Å². The van der Waals surface area contributed by atoms with Crippen LogP contribution in [0.3, 0.4) is 0 Å². The summed E-state index contributed by atoms with van der Waals surface area (Å²) < 4.78 is 0. The maximum absolute atomic E-state index is 5.15. The molecule has 61 heavy (non-hydrogen) atoms. The molecule has 13 rings (SSSR count). The fraction of sp³-hybridized carbons (Fsp3) is 0.0169. The number of fused-ring (bicyclic) bond motifs is 16. The Morgan fingerprint density at radius 3 is 1.56 bits per heavy atom. The van der Waals surface area contributed by atoms with Crippen molar-refractivity contribution in [3.63, 3.8) is 0 Å². The van der Waals surface area contributed by atoms with Crippen LogP contribution < -0.4 is 0 Å². The predicted molar refractivity (Wildman–Crippen MR) is 253 cm³/mol. The van der Waals surface area contributed by atoms with Crippen molar-refractivity contribution in [2.24, 2.45) is 0 Å². The number of benzene rings is 10. The van der Waals surface area contributed by atoms with E-state index in [-0.39, 0.29) is 0 Å². The van der Waals surface area contributed by atoms with E-state index in [0.29, 0.717) is 5.82 Å². The van der Waals surface area contributed by atoms with Crippen LogP contribution in [-0.2, 0) is 5.41 Å². The van der Waals surface area contributed by atoms with Crippen molar-refractivity contribution in [2.75, 3.05) is 0 Å². The summed E-state index contributed by atoms with van der Waals surface area (Å²) in [6, 6.07) is 79.8. The fourth-order valence-corrected chi connectivity index (χ4v) is 10.7. The van der Waals surface area contributed by atoms with Crippen molar-refractivity contribution in [3.05, 3.63) is 241 Å². The van der Waals surface area contributed by atoms with Gasteiger partial charge in [0, 0.05) is 16.7 Å². The summed E-state index contributed by atoms with van der Waals surface area (Å²) >= 11 is 0. The van der Waals surface area contributed by atoms with Crippen molar-refractivity contribution in [1.82, 2.24) is 9.97 Å². The molecule has 1 spiro atoms. The molecule has 0 N–H and O–H groups in total. The minimum absolute atomic E-state index is 0.481. The van der Waals surface area contributed by atoms with E-state index in [4.69, 9.17) is 9.97 Å². The number of hydrogen-bond donors (Lipinski definition) is 0. The van der Waals surface area contributed by atoms with E-state index in [1.54, 1.807) is 0 Å². The molecule has 2 heteroatoms. The number of nitrogens with zero attached hydrogens (tertiary/aromatic N) is 2. The summed E-state index contributed by atoms with van der Waals surface area (Å²) in [6.45, 7) is 0. The lowest BCUT2D eigenvalue weighted by molar-refractivity contribution is 0.803. The van der Waals surface area contributed by atoms with Crippen LogP contribution in [0.25, 0.3) is 99.6 Å². The first-order chi connectivity index (χ1) is 30.2. The molecule has 2 nitrogen and oxygen atoms in total. The minimum Gasteiger partial charge on any atom is -0.228 e. The molecule has 0 atom stereocenters. The number of rotatable bonds is 4. The van der Waals surface area contributed by atoms with E-state index in [9.17, 15) is 0 Å². The van der Waals surface area contributed by atoms with Crippen LogP contribution in [0.2, 0.25) is 0 Å². The third-order valence-corrected chi connectivity index (χ3v) is 13.2. The molecule has 11 aromatic rings. The van der Waals surface area contributed by atoms with E-state index in [1.165, 1.54) is 82.4 Å². The van der Waals surface area contributed by atoms with Crippen molar-refractivity contribution in [2.45, 2.75) is 5.41 Å². The summed E-state index contributed by atoms with van der Waals surface area (Å²) in [6.07, 6.45) is 0. The summed E-state index contributed by atoms with van der Waals surface area (Å²) in [5, 5.41) is 7.67. The zero-order chi connectivity index (χ0) is 40.1. The van der Waals surface area contributed by atoms with Gasteiger partial charge in [-0.25, -0.2) is 9.97 Å². The molecule has 0 amide bonds. The maximum atomic E-state index is 5.15. The second-order valence-electron chi connectivity index (χ2n) is 16.4. The SMILES string of the molecule is c1ccc(-c2cc(-c3cccc(-c4ccc5cc6c(cc5c4)C4(c5ccccc5-c5ccccc54)c4c-6c5ccccc5c5ccccc45)c3)nc(-c3ccccc3)n2)cc1. The Bertz CT molecular complexity index is 3480. The van der Waals surface area contributed by atoms with Gasteiger partial charge in [-0.1, -0.05) is 188 Å². The van der Waals surface area contributed by atoms with Gasteiger partial charge in [-0.05, 0) is 118 Å². The van der Waals surface area contributed by atoms with Gasteiger partial charge in [0.15, 0.2) is 5.82 Å². The van der Waals surface area contributed by atoms with Crippen LogP contribution in [0.5, 0.6) is 0 Å². The molecule has 282 valence electrons. The monoisotopic (exact) mass is 772 g/mol. The van der Waals surface area contributed by atoms with E-state index in [2.05, 4.69) is 194 Å². The summed E-state index contributed by atoms with van der Waals surface area (Å²) in [5.74, 6) is 0.715. The first kappa shape index (κ1) is 34.0. The molecule has 2 aliphatic rings. The van der Waals surface area contributed by atoms with Crippen LogP contribution in [-0.4, -0.2) is 9.97 Å². The normalized spacial score (nSPS) is 13.0. The molecule has 0 radical (unpaired) electrons. The molecule has 1 heterocycles. The Morgan fingerprint density at radius 1 is 0.295 bits per heavy atom. The Kier molecular flexibility index (Phi) is 7.26. The Balaban J connectivity index is 1.03. The third kappa shape index (κ3) is 4.91. The average Bonchev–Trinajstić information content (AvgIpc) is 3.81. The van der Waals surface area contributed by atoms with Crippen molar-refractivity contribution < 1.29 is 0 Å². The molecule has 0 saturated heterocycles. The molecular weight excluding hydrogens is 737 g/mol. The first-order valence-electron chi connectivity index (χ1n) is 21.1. The second kappa shape index (κ2) is 13.0. The standard InChI is InChI=1S/C59H36N2/c1-3-16-37(17-4-1)54-36-55(61-58(60-54)38-18-5-2-6-19-38)42-21-15-20-39(32-42)40-30-31-41-34-50-53(35-43(41)33-40)59(51-28-13-11-24-46(51)47-25-12-14-29-52(47)59)57-49-27-10-8-23-45(49)44-22-7-9-26-48(44)56(50)57/h1-36H. The Labute approximate surface area is 354 Å². The highest BCUT2D eigenvalue weighted by atomic mass is 14.9. The highest BCUT2D eigenvalue weighted by Gasteiger charge is 2.53. The summed E-state index contributed by atoms with van der Waals surface area (Å²) in [4.78, 5) is 10.2. The van der Waals surface area contributed by atoms with E-state index < -0.39 is 5.41 Å². The number of hydrogen-bond acceptors (Lipinski definition) is 2. The maximum Gasteiger partial charge on any atom is 0.160 e. The van der Waals surface area contributed by atoms with Gasteiger partial charge in [0.2, 0.25) is 0 Å². The van der Waals surface area contributed by atoms with Gasteiger partial charge in [0.05, 0.1) is 16.8 Å². The smallest absolute Gasteiger partial charge is 0.160 e. The zero-order valence-electron chi connectivity index (χ0n) is 33.2. The van der Waals surface area contributed by atoms with E-state index in [1.807, 2.05) is 24.3 Å². The molecule has 0 bridgehead atoms. The van der Waals surface area contributed by atoms with Crippen molar-refractivity contribution >= 4 is 32.3 Å². The first-order valence-corrected chi connectivity index (χ1v) is 21.1. The molecule has 2 aliphatic carbocycles. The topological polar surface area (TPSA) is 25.8 Å². The number of aromatic nitrogens is 2. The second-order valence-corrected chi connectivity index (χ2v) is 16.4. The molecule has 1 aromatic heterocycles. The summed E-state index contributed by atoms with van der Waals surface area (Å²) in [5.41, 5.74) is 17.5. The highest BCUT2D eigenvalue weighted by molar-refractivity contribution is 6.20. The van der Waals surface area contributed by atoms with Crippen LogP contribution in [0.4, 0.5) is 0 Å². The fourth-order valence-electron chi connectivity index (χ4n) is 10.7. The predicted octanol–water partition coefficient (Wildman–Crippen LogP) is 14.9. The van der Waals surface area contributed by atoms with Gasteiger partial charge in [0.1, 0.15) is 0 Å². The van der Waals surface area contributed by atoms with Gasteiger partial charge in [-0.2, -0.15) is 0 Å². The van der Waals surface area contributed by atoms with Crippen LogP contribution in [0.15, 0.2) is 218 Å². The van der Waals surface area contributed by atoms with Gasteiger partial charge < -0.3 is 0 Å². The van der Waals surface area contributed by atoms with Crippen molar-refractivity contribution in [1.29, 1.82) is 0 Å². The van der Waals surface area contributed by atoms with Crippen LogP contribution in [0, 0.1) is 0 Å². The lowest BCUT2D eigenvalue weighted by Crippen LogP contribution is -2.26. The van der Waals surface area contributed by atoms with Crippen molar-refractivity contribution in [3.8, 4) is 67.3 Å². The Morgan fingerprint density at radius 2 is 0.836 bits per heavy atom. The highest BCUT2D eigenvalue weighted by Crippen LogP contribution is 2.65. The van der Waals surface area contributed by atoms with Gasteiger partial charge >= 0.3 is 0 Å². The summed E-state index contributed by atoms with van der Waals surface area (Å²) in [7, 11) is 0.